The number of nitrogens with one attached hydrogen (secondary N) is 1. The van der Waals surface area contributed by atoms with Gasteiger partial charge in [0.05, 0.1) is 28.4 Å². The van der Waals surface area contributed by atoms with Gasteiger partial charge in [-0.25, -0.2) is 4.98 Å². The third-order valence-corrected chi connectivity index (χ3v) is 5.01. The Labute approximate surface area is 196 Å². The Balaban J connectivity index is 1.49. The van der Waals surface area contributed by atoms with Crippen molar-refractivity contribution < 1.29 is 32.9 Å². The van der Waals surface area contributed by atoms with Crippen LogP contribution in [0.4, 0.5) is 5.69 Å². The maximum atomic E-state index is 12.3. The van der Waals surface area contributed by atoms with E-state index in [2.05, 4.69) is 10.3 Å². The first-order chi connectivity index (χ1) is 16.5. The molecule has 9 heteroatoms. The monoisotopic (exact) mass is 464 g/mol. The largest absolute Gasteiger partial charge is 0.497 e. The number of amides is 1. The minimum atomic E-state index is -0.302. The first kappa shape index (κ1) is 22.8. The van der Waals surface area contributed by atoms with Gasteiger partial charge in [-0.05, 0) is 54.6 Å². The van der Waals surface area contributed by atoms with Gasteiger partial charge in [0.2, 0.25) is 11.6 Å². The van der Waals surface area contributed by atoms with E-state index in [1.807, 2.05) is 0 Å². The van der Waals surface area contributed by atoms with E-state index in [1.54, 1.807) is 75.9 Å². The minimum absolute atomic E-state index is 0.139. The summed E-state index contributed by atoms with van der Waals surface area (Å²) in [5, 5.41) is 2.80. The molecular formula is C25H24N2O7. The van der Waals surface area contributed by atoms with Crippen LogP contribution in [0.25, 0.3) is 22.6 Å². The van der Waals surface area contributed by atoms with Crippen LogP contribution in [-0.2, 0) is 4.79 Å². The van der Waals surface area contributed by atoms with Gasteiger partial charge in [0.15, 0.2) is 23.7 Å². The molecule has 0 bridgehead atoms. The van der Waals surface area contributed by atoms with Crippen LogP contribution in [0.2, 0.25) is 0 Å². The average molecular weight is 464 g/mol. The zero-order chi connectivity index (χ0) is 24.1. The lowest BCUT2D eigenvalue weighted by molar-refractivity contribution is -0.118. The Kier molecular flexibility index (Phi) is 6.72. The highest BCUT2D eigenvalue weighted by Crippen LogP contribution is 2.41. The average Bonchev–Trinajstić information content (AvgIpc) is 3.30. The van der Waals surface area contributed by atoms with Crippen LogP contribution in [0.1, 0.15) is 0 Å². The summed E-state index contributed by atoms with van der Waals surface area (Å²) in [7, 11) is 6.21. The van der Waals surface area contributed by atoms with Crippen molar-refractivity contribution >= 4 is 22.7 Å². The molecule has 0 saturated heterocycles. The van der Waals surface area contributed by atoms with Gasteiger partial charge >= 0.3 is 0 Å². The maximum Gasteiger partial charge on any atom is 0.262 e. The molecule has 4 rings (SSSR count). The lowest BCUT2D eigenvalue weighted by atomic mass is 10.2. The Bertz CT molecular complexity index is 1270. The molecule has 0 spiro atoms. The Morgan fingerprint density at radius 3 is 2.15 bits per heavy atom. The number of oxazole rings is 1. The molecule has 0 aliphatic heterocycles. The van der Waals surface area contributed by atoms with Crippen molar-refractivity contribution in [3.63, 3.8) is 0 Å². The van der Waals surface area contributed by atoms with E-state index in [-0.39, 0.29) is 12.5 Å². The number of benzene rings is 3. The van der Waals surface area contributed by atoms with Gasteiger partial charge in [0.25, 0.3) is 5.91 Å². The number of carbonyl (C=O) groups is 1. The van der Waals surface area contributed by atoms with Crippen LogP contribution < -0.4 is 29.0 Å². The molecule has 1 heterocycles. The summed E-state index contributed by atoms with van der Waals surface area (Å²) in [5.41, 5.74) is 2.37. The molecule has 4 aromatic rings. The van der Waals surface area contributed by atoms with Gasteiger partial charge in [-0.3, -0.25) is 4.79 Å². The molecule has 34 heavy (non-hydrogen) atoms. The summed E-state index contributed by atoms with van der Waals surface area (Å²) in [6.07, 6.45) is 0. The maximum absolute atomic E-state index is 12.3. The highest BCUT2D eigenvalue weighted by molar-refractivity contribution is 5.94. The van der Waals surface area contributed by atoms with Crippen molar-refractivity contribution in [1.29, 1.82) is 0 Å². The van der Waals surface area contributed by atoms with E-state index in [1.165, 1.54) is 7.11 Å². The van der Waals surface area contributed by atoms with Crippen LogP contribution in [0, 0.1) is 0 Å². The molecule has 0 atom stereocenters. The van der Waals surface area contributed by atoms with E-state index in [4.69, 9.17) is 28.1 Å². The fourth-order valence-electron chi connectivity index (χ4n) is 3.35. The predicted molar refractivity (Wildman–Crippen MR) is 126 cm³/mol. The number of hydrogen-bond donors (Lipinski definition) is 1. The molecule has 9 nitrogen and oxygen atoms in total. The molecular weight excluding hydrogens is 440 g/mol. The van der Waals surface area contributed by atoms with E-state index in [9.17, 15) is 4.79 Å². The number of carbonyl (C=O) groups excluding carboxylic acids is 1. The molecule has 1 amide bonds. The normalized spacial score (nSPS) is 10.6. The van der Waals surface area contributed by atoms with Crippen molar-refractivity contribution in [3.8, 4) is 40.2 Å². The third-order valence-electron chi connectivity index (χ3n) is 5.01. The van der Waals surface area contributed by atoms with Gasteiger partial charge in [0, 0.05) is 11.3 Å². The predicted octanol–water partition coefficient (Wildman–Crippen LogP) is 4.55. The second kappa shape index (κ2) is 10.0. The fraction of sp³-hybridized carbons (Fsp3) is 0.200. The number of fused-ring (bicyclic) bond motifs is 1. The molecule has 0 fully saturated rings. The molecule has 0 radical (unpaired) electrons. The van der Waals surface area contributed by atoms with E-state index >= 15 is 0 Å². The van der Waals surface area contributed by atoms with Crippen molar-refractivity contribution in [2.75, 3.05) is 40.4 Å². The van der Waals surface area contributed by atoms with Gasteiger partial charge in [-0.15, -0.1) is 0 Å². The van der Waals surface area contributed by atoms with Gasteiger partial charge < -0.3 is 33.4 Å². The van der Waals surface area contributed by atoms with Crippen LogP contribution in [0.5, 0.6) is 28.7 Å². The molecule has 3 aromatic carbocycles. The second-order valence-corrected chi connectivity index (χ2v) is 7.13. The summed E-state index contributed by atoms with van der Waals surface area (Å²) in [4.78, 5) is 16.9. The van der Waals surface area contributed by atoms with Crippen LogP contribution >= 0.6 is 0 Å². The zero-order valence-corrected chi connectivity index (χ0v) is 19.2. The SMILES string of the molecule is COc1ccc(OCC(=O)Nc2ccc3oc(-c4cc(OC)c(OC)c(OC)c4)nc3c2)cc1. The molecule has 0 aliphatic carbocycles. The van der Waals surface area contributed by atoms with Crippen molar-refractivity contribution in [2.45, 2.75) is 0 Å². The highest BCUT2D eigenvalue weighted by atomic mass is 16.5. The molecule has 0 unspecified atom stereocenters. The number of rotatable bonds is 9. The Morgan fingerprint density at radius 2 is 1.53 bits per heavy atom. The number of anilines is 1. The molecule has 1 N–H and O–H groups in total. The lowest BCUT2D eigenvalue weighted by Crippen LogP contribution is -2.20. The number of nitrogens with zero attached hydrogens (tertiary/aromatic N) is 1. The highest BCUT2D eigenvalue weighted by Gasteiger charge is 2.17. The fourth-order valence-corrected chi connectivity index (χ4v) is 3.35. The lowest BCUT2D eigenvalue weighted by Gasteiger charge is -2.12. The van der Waals surface area contributed by atoms with Crippen LogP contribution in [0.3, 0.4) is 0 Å². The van der Waals surface area contributed by atoms with Crippen LogP contribution in [0.15, 0.2) is 59.0 Å². The van der Waals surface area contributed by atoms with E-state index in [0.29, 0.717) is 57.0 Å². The van der Waals surface area contributed by atoms with Crippen molar-refractivity contribution in [2.24, 2.45) is 0 Å². The summed E-state index contributed by atoms with van der Waals surface area (Å²) < 4.78 is 32.7. The Hall–Kier alpha value is -4.40. The quantitative estimate of drug-likeness (QED) is 0.385. The molecule has 0 saturated carbocycles. The topological polar surface area (TPSA) is 101 Å². The summed E-state index contributed by atoms with van der Waals surface area (Å²) in [6.45, 7) is -0.139. The van der Waals surface area contributed by atoms with Crippen LogP contribution in [-0.4, -0.2) is 45.9 Å². The number of ether oxygens (including phenoxy) is 5. The van der Waals surface area contributed by atoms with Crippen molar-refractivity contribution in [3.05, 3.63) is 54.6 Å². The first-order valence-electron chi connectivity index (χ1n) is 10.3. The standard InChI is InChI=1S/C25H24N2O7/c1-29-17-6-8-18(9-7-17)33-14-23(28)26-16-5-10-20-19(13-16)27-25(34-20)15-11-21(30-2)24(32-4)22(12-15)31-3/h5-13H,14H2,1-4H3,(H,26,28). The van der Waals surface area contributed by atoms with Crippen molar-refractivity contribution in [1.82, 2.24) is 4.98 Å². The number of methoxy groups -OCH3 is 4. The summed E-state index contributed by atoms with van der Waals surface area (Å²) >= 11 is 0. The number of hydrogen-bond acceptors (Lipinski definition) is 8. The Morgan fingerprint density at radius 1 is 0.853 bits per heavy atom. The smallest absolute Gasteiger partial charge is 0.262 e. The summed E-state index contributed by atoms with van der Waals surface area (Å²) in [5.74, 6) is 2.81. The molecule has 0 aliphatic rings. The third kappa shape index (κ3) is 4.83. The summed E-state index contributed by atoms with van der Waals surface area (Å²) in [6, 6.07) is 15.7. The van der Waals surface area contributed by atoms with E-state index < -0.39 is 0 Å². The van der Waals surface area contributed by atoms with Gasteiger partial charge in [-0.1, -0.05) is 0 Å². The molecule has 1 aromatic heterocycles. The first-order valence-corrected chi connectivity index (χ1v) is 10.3. The number of aromatic nitrogens is 1. The second-order valence-electron chi connectivity index (χ2n) is 7.13. The van der Waals surface area contributed by atoms with E-state index in [0.717, 1.165) is 0 Å². The zero-order valence-electron chi connectivity index (χ0n) is 19.2. The van der Waals surface area contributed by atoms with Gasteiger partial charge in [0.1, 0.15) is 17.0 Å². The minimum Gasteiger partial charge on any atom is -0.497 e. The van der Waals surface area contributed by atoms with Gasteiger partial charge in [-0.2, -0.15) is 0 Å². The molecule has 176 valence electrons.